The molecule has 2 N–H and O–H groups in total. The van der Waals surface area contributed by atoms with E-state index in [1.54, 1.807) is 53.8 Å². The number of aryl methyl sites for hydroxylation is 2. The Hall–Kier alpha value is -3.15. The minimum absolute atomic E-state index is 0.112. The molecule has 8 nitrogen and oxygen atoms in total. The van der Waals surface area contributed by atoms with Gasteiger partial charge in [0.25, 0.3) is 0 Å². The molecule has 0 aliphatic heterocycles. The van der Waals surface area contributed by atoms with E-state index < -0.39 is 17.3 Å². The second kappa shape index (κ2) is 9.55. The first-order chi connectivity index (χ1) is 17.6. The number of hydrogen-bond donors (Lipinski definition) is 2. The zero-order valence-corrected chi connectivity index (χ0v) is 23.0. The maximum absolute atomic E-state index is 13.5. The lowest BCUT2D eigenvalue weighted by Gasteiger charge is -2.30. The van der Waals surface area contributed by atoms with E-state index in [1.165, 1.54) is 7.11 Å². The molecular formula is C26H30ClF3N6O2. The fourth-order valence-corrected chi connectivity index (χ4v) is 4.60. The number of fused-ring (bicyclic) bond motifs is 1. The maximum Gasteiger partial charge on any atom is 0.406 e. The zero-order chi connectivity index (χ0) is 28.2. The molecule has 38 heavy (non-hydrogen) atoms. The first-order valence-corrected chi connectivity index (χ1v) is 12.2. The number of ether oxygens (including phenoxy) is 1. The molecule has 0 aliphatic carbocycles. The predicted molar refractivity (Wildman–Crippen MR) is 138 cm³/mol. The standard InChI is InChI=1S/C26H30ClF3N6O2/c1-14-31-12-20(35(14)5)25(37,21-13-32-15(2)36(21)6)16-8-9-19-17(10-16)22(27)18(23(34-19)38-7)11-33-24(3,4)26(28,29)30/h8-10,12-13,33,37H,11H2,1-7H3. The highest BCUT2D eigenvalue weighted by atomic mass is 35.5. The van der Waals surface area contributed by atoms with E-state index in [0.717, 1.165) is 13.8 Å². The molecule has 4 aromatic rings. The number of imidazole rings is 2. The van der Waals surface area contributed by atoms with Crippen LogP contribution in [0.2, 0.25) is 5.02 Å². The molecule has 204 valence electrons. The van der Waals surface area contributed by atoms with Crippen LogP contribution in [0.1, 0.15) is 48.0 Å². The molecule has 0 atom stereocenters. The number of methoxy groups -OCH3 is 1. The summed E-state index contributed by atoms with van der Waals surface area (Å²) in [6, 6.07) is 5.10. The molecule has 0 unspecified atom stereocenters. The quantitative estimate of drug-likeness (QED) is 0.347. The summed E-state index contributed by atoms with van der Waals surface area (Å²) in [5, 5.41) is 15.5. The average molecular weight is 551 g/mol. The summed E-state index contributed by atoms with van der Waals surface area (Å²) >= 11 is 6.80. The smallest absolute Gasteiger partial charge is 0.406 e. The van der Waals surface area contributed by atoms with Gasteiger partial charge in [0.1, 0.15) is 17.2 Å². The Morgan fingerprint density at radius 2 is 1.58 bits per heavy atom. The zero-order valence-electron chi connectivity index (χ0n) is 22.2. The SMILES string of the molecule is COc1nc2ccc(C(O)(c3cnc(C)n3C)c3cnc(C)n3C)cc2c(Cl)c1CNC(C)(C)C(F)(F)F. The Morgan fingerprint density at radius 3 is 2.03 bits per heavy atom. The molecule has 3 heterocycles. The van der Waals surface area contributed by atoms with E-state index in [-0.39, 0.29) is 23.0 Å². The summed E-state index contributed by atoms with van der Waals surface area (Å²) in [6.45, 7) is 5.51. The van der Waals surface area contributed by atoms with Gasteiger partial charge >= 0.3 is 6.18 Å². The number of hydrogen-bond acceptors (Lipinski definition) is 6. The van der Waals surface area contributed by atoms with Gasteiger partial charge in [-0.25, -0.2) is 15.0 Å². The fourth-order valence-electron chi connectivity index (χ4n) is 4.30. The molecule has 0 bridgehead atoms. The number of alkyl halides is 3. The molecule has 0 spiro atoms. The molecule has 4 rings (SSSR count). The number of nitrogens with zero attached hydrogens (tertiary/aromatic N) is 5. The largest absolute Gasteiger partial charge is 0.481 e. The molecule has 0 fully saturated rings. The van der Waals surface area contributed by atoms with Crippen LogP contribution in [0.5, 0.6) is 5.88 Å². The third-order valence-corrected chi connectivity index (χ3v) is 7.62. The second-order valence-electron chi connectivity index (χ2n) is 9.83. The van der Waals surface area contributed by atoms with E-state index in [0.29, 0.717) is 39.5 Å². The summed E-state index contributed by atoms with van der Waals surface area (Å²) in [6.07, 6.45) is -1.28. The monoisotopic (exact) mass is 550 g/mol. The number of benzene rings is 1. The molecule has 0 radical (unpaired) electrons. The van der Waals surface area contributed by atoms with E-state index in [1.807, 2.05) is 13.8 Å². The van der Waals surface area contributed by atoms with Crippen molar-refractivity contribution in [1.29, 1.82) is 0 Å². The number of halogens is 4. The molecule has 0 amide bonds. The van der Waals surface area contributed by atoms with Gasteiger partial charge in [-0.1, -0.05) is 17.7 Å². The minimum atomic E-state index is -4.48. The van der Waals surface area contributed by atoms with Gasteiger partial charge in [0.2, 0.25) is 5.88 Å². The van der Waals surface area contributed by atoms with Crippen molar-refractivity contribution in [2.75, 3.05) is 7.11 Å². The van der Waals surface area contributed by atoms with Crippen LogP contribution in [-0.2, 0) is 26.2 Å². The summed E-state index contributed by atoms with van der Waals surface area (Å²) in [4.78, 5) is 13.2. The van der Waals surface area contributed by atoms with Gasteiger partial charge in [0.05, 0.1) is 41.4 Å². The summed E-state index contributed by atoms with van der Waals surface area (Å²) in [5.74, 6) is 1.51. The summed E-state index contributed by atoms with van der Waals surface area (Å²) in [7, 11) is 4.99. The van der Waals surface area contributed by atoms with Crippen molar-refractivity contribution in [2.24, 2.45) is 14.1 Å². The van der Waals surface area contributed by atoms with Crippen LogP contribution in [0.25, 0.3) is 10.9 Å². The fraction of sp³-hybridized carbons (Fsp3) is 0.423. The van der Waals surface area contributed by atoms with Gasteiger partial charge in [0, 0.05) is 31.6 Å². The first kappa shape index (κ1) is 27.9. The van der Waals surface area contributed by atoms with Gasteiger partial charge in [-0.05, 0) is 45.4 Å². The average Bonchev–Trinajstić information content (AvgIpc) is 3.37. The lowest BCUT2D eigenvalue weighted by Crippen LogP contribution is -2.51. The molecule has 0 saturated carbocycles. The third-order valence-electron chi connectivity index (χ3n) is 7.19. The highest BCUT2D eigenvalue weighted by Crippen LogP contribution is 2.41. The molecule has 1 aromatic carbocycles. The topological polar surface area (TPSA) is 90.0 Å². The summed E-state index contributed by atoms with van der Waals surface area (Å²) < 4.78 is 49.3. The van der Waals surface area contributed by atoms with Crippen molar-refractivity contribution in [3.8, 4) is 5.88 Å². The van der Waals surface area contributed by atoms with Gasteiger partial charge in [-0.15, -0.1) is 0 Å². The van der Waals surface area contributed by atoms with Crippen LogP contribution in [0.15, 0.2) is 30.6 Å². The number of rotatable bonds is 7. The van der Waals surface area contributed by atoms with Crippen LogP contribution in [0.3, 0.4) is 0 Å². The number of nitrogens with one attached hydrogen (secondary N) is 1. The Balaban J connectivity index is 1.92. The lowest BCUT2D eigenvalue weighted by molar-refractivity contribution is -0.186. The van der Waals surface area contributed by atoms with Crippen LogP contribution < -0.4 is 10.1 Å². The molecular weight excluding hydrogens is 521 g/mol. The van der Waals surface area contributed by atoms with Gasteiger partial charge in [-0.2, -0.15) is 13.2 Å². The second-order valence-corrected chi connectivity index (χ2v) is 10.2. The maximum atomic E-state index is 13.5. The predicted octanol–water partition coefficient (Wildman–Crippen LogP) is 4.70. The van der Waals surface area contributed by atoms with Crippen molar-refractivity contribution in [2.45, 2.75) is 51.6 Å². The van der Waals surface area contributed by atoms with Crippen molar-refractivity contribution in [1.82, 2.24) is 29.4 Å². The van der Waals surface area contributed by atoms with Crippen molar-refractivity contribution >= 4 is 22.5 Å². The van der Waals surface area contributed by atoms with Crippen molar-refractivity contribution in [3.05, 3.63) is 69.8 Å². The van der Waals surface area contributed by atoms with Gasteiger partial charge < -0.3 is 19.0 Å². The van der Waals surface area contributed by atoms with Crippen LogP contribution >= 0.6 is 11.6 Å². The van der Waals surface area contributed by atoms with Crippen LogP contribution in [0.4, 0.5) is 13.2 Å². The highest BCUT2D eigenvalue weighted by Gasteiger charge is 2.47. The van der Waals surface area contributed by atoms with E-state index in [9.17, 15) is 18.3 Å². The Labute approximate surface area is 223 Å². The van der Waals surface area contributed by atoms with Gasteiger partial charge in [0.15, 0.2) is 5.60 Å². The minimum Gasteiger partial charge on any atom is -0.481 e. The van der Waals surface area contributed by atoms with Crippen LogP contribution in [-0.4, -0.2) is 48.0 Å². The third kappa shape index (κ3) is 4.42. The van der Waals surface area contributed by atoms with E-state index in [4.69, 9.17) is 16.3 Å². The highest BCUT2D eigenvalue weighted by molar-refractivity contribution is 6.36. The van der Waals surface area contributed by atoms with E-state index in [2.05, 4.69) is 20.3 Å². The molecule has 0 saturated heterocycles. The normalized spacial score (nSPS) is 12.9. The van der Waals surface area contributed by atoms with Gasteiger partial charge in [-0.3, -0.25) is 5.32 Å². The molecule has 0 aliphatic rings. The van der Waals surface area contributed by atoms with Crippen molar-refractivity contribution in [3.63, 3.8) is 0 Å². The first-order valence-electron chi connectivity index (χ1n) is 11.8. The Morgan fingerprint density at radius 1 is 1.03 bits per heavy atom. The lowest BCUT2D eigenvalue weighted by atomic mass is 9.86. The molecule has 3 aromatic heterocycles. The van der Waals surface area contributed by atoms with E-state index >= 15 is 0 Å². The van der Waals surface area contributed by atoms with Crippen molar-refractivity contribution < 1.29 is 23.0 Å². The number of pyridine rings is 1. The number of aromatic nitrogens is 5. The van der Waals surface area contributed by atoms with Crippen LogP contribution in [0, 0.1) is 13.8 Å². The summed E-state index contributed by atoms with van der Waals surface area (Å²) in [5.41, 5.74) is -1.66. The Bertz CT molecular complexity index is 1460. The Kier molecular flexibility index (Phi) is 7.00. The molecule has 12 heteroatoms. The number of aliphatic hydroxyl groups is 1.